The van der Waals surface area contributed by atoms with Crippen molar-refractivity contribution in [2.24, 2.45) is 5.92 Å². The summed E-state index contributed by atoms with van der Waals surface area (Å²) in [4.78, 5) is 10.4. The molecule has 0 spiro atoms. The van der Waals surface area contributed by atoms with E-state index in [1.807, 2.05) is 6.07 Å². The summed E-state index contributed by atoms with van der Waals surface area (Å²) in [6, 6.07) is 11.6. The van der Waals surface area contributed by atoms with Crippen LogP contribution in [0, 0.1) is 21.8 Å². The van der Waals surface area contributed by atoms with Gasteiger partial charge in [0.05, 0.1) is 16.7 Å². The second-order valence-corrected chi connectivity index (χ2v) is 6.03. The van der Waals surface area contributed by atoms with Crippen LogP contribution in [0.25, 0.3) is 0 Å². The quantitative estimate of drug-likeness (QED) is 0.502. The van der Waals surface area contributed by atoms with Crippen molar-refractivity contribution in [2.45, 2.75) is 18.4 Å². The first kappa shape index (κ1) is 13.9. The monoisotopic (exact) mass is 310 g/mol. The lowest BCUT2D eigenvalue weighted by molar-refractivity contribution is -0.384. The molecule has 4 nitrogen and oxygen atoms in total. The summed E-state index contributed by atoms with van der Waals surface area (Å²) in [7, 11) is 0. The van der Waals surface area contributed by atoms with E-state index in [1.54, 1.807) is 18.2 Å². The van der Waals surface area contributed by atoms with Crippen molar-refractivity contribution in [3.63, 3.8) is 0 Å². The average Bonchev–Trinajstić information content (AvgIpc) is 3.04. The van der Waals surface area contributed by atoms with Crippen molar-refractivity contribution in [2.75, 3.05) is 5.32 Å². The Balaban J connectivity index is 1.75. The number of anilines is 1. The fourth-order valence-electron chi connectivity index (χ4n) is 3.72. The molecular formula is C18H15FN2O2. The Morgan fingerprint density at radius 1 is 1.17 bits per heavy atom. The van der Waals surface area contributed by atoms with Gasteiger partial charge < -0.3 is 5.32 Å². The third-order valence-electron chi connectivity index (χ3n) is 4.81. The summed E-state index contributed by atoms with van der Waals surface area (Å²) in [5.41, 5.74) is 2.55. The van der Waals surface area contributed by atoms with Crippen molar-refractivity contribution in [3.05, 3.63) is 81.7 Å². The number of nitro benzene ring substituents is 1. The van der Waals surface area contributed by atoms with Crippen molar-refractivity contribution in [1.29, 1.82) is 0 Å². The van der Waals surface area contributed by atoms with Gasteiger partial charge in [-0.3, -0.25) is 10.1 Å². The van der Waals surface area contributed by atoms with Crippen molar-refractivity contribution < 1.29 is 9.31 Å². The molecule has 2 aromatic carbocycles. The van der Waals surface area contributed by atoms with Gasteiger partial charge in [-0.1, -0.05) is 36.4 Å². The number of halogens is 1. The molecule has 1 N–H and O–H groups in total. The lowest BCUT2D eigenvalue weighted by Gasteiger charge is -2.37. The zero-order valence-electron chi connectivity index (χ0n) is 12.3. The molecule has 2 aliphatic rings. The zero-order chi connectivity index (χ0) is 16.0. The Kier molecular flexibility index (Phi) is 3.15. The summed E-state index contributed by atoms with van der Waals surface area (Å²) in [5.74, 6) is 0.223. The first-order chi connectivity index (χ1) is 11.1. The lowest BCUT2D eigenvalue weighted by Crippen LogP contribution is -2.29. The number of allylic oxidation sites excluding steroid dienone is 2. The Bertz CT molecular complexity index is 801. The fourth-order valence-corrected chi connectivity index (χ4v) is 3.72. The summed E-state index contributed by atoms with van der Waals surface area (Å²) in [6.07, 6.45) is 5.19. The maximum atomic E-state index is 14.2. The lowest BCUT2D eigenvalue weighted by atomic mass is 9.77. The van der Waals surface area contributed by atoms with E-state index in [0.29, 0.717) is 11.6 Å². The maximum absolute atomic E-state index is 14.2. The van der Waals surface area contributed by atoms with E-state index in [1.165, 1.54) is 18.2 Å². The molecule has 1 heterocycles. The smallest absolute Gasteiger partial charge is 0.269 e. The Labute approximate surface area is 132 Å². The minimum atomic E-state index is -0.410. The van der Waals surface area contributed by atoms with Crippen LogP contribution in [0.1, 0.15) is 29.5 Å². The standard InChI is InChI=1S/C18H15FN2O2/c19-16-6-2-5-15-13-3-1-4-14(13)17(20-18(15)16)11-7-9-12(10-8-11)21(22)23/h1-3,5-10,13-14,17,20H,4H2/t13-,14-,17-/m0/s1. The summed E-state index contributed by atoms with van der Waals surface area (Å²) < 4.78 is 14.2. The Morgan fingerprint density at radius 3 is 2.70 bits per heavy atom. The molecular weight excluding hydrogens is 295 g/mol. The molecule has 116 valence electrons. The second-order valence-electron chi connectivity index (χ2n) is 6.03. The van der Waals surface area contributed by atoms with Crippen LogP contribution in [-0.2, 0) is 0 Å². The molecule has 1 aliphatic heterocycles. The topological polar surface area (TPSA) is 55.2 Å². The molecule has 0 aromatic heterocycles. The normalized spacial score (nSPS) is 24.7. The first-order valence-corrected chi connectivity index (χ1v) is 7.61. The number of benzene rings is 2. The van der Waals surface area contributed by atoms with Crippen LogP contribution in [-0.4, -0.2) is 4.92 Å². The fraction of sp³-hybridized carbons (Fsp3) is 0.222. The molecule has 5 heteroatoms. The second kappa shape index (κ2) is 5.19. The maximum Gasteiger partial charge on any atom is 0.269 e. The van der Waals surface area contributed by atoms with Gasteiger partial charge in [0.1, 0.15) is 5.82 Å². The van der Waals surface area contributed by atoms with E-state index in [9.17, 15) is 14.5 Å². The van der Waals surface area contributed by atoms with Crippen molar-refractivity contribution >= 4 is 11.4 Å². The van der Waals surface area contributed by atoms with E-state index in [0.717, 1.165) is 17.5 Å². The van der Waals surface area contributed by atoms with Gasteiger partial charge >= 0.3 is 0 Å². The van der Waals surface area contributed by atoms with E-state index < -0.39 is 4.92 Å². The predicted molar refractivity (Wildman–Crippen MR) is 85.8 cm³/mol. The highest BCUT2D eigenvalue weighted by Gasteiger charge is 2.38. The molecule has 0 radical (unpaired) electrons. The number of nitro groups is 1. The van der Waals surface area contributed by atoms with Gasteiger partial charge in [-0.2, -0.15) is 0 Å². The average molecular weight is 310 g/mol. The van der Waals surface area contributed by atoms with Gasteiger partial charge in [0, 0.05) is 18.1 Å². The van der Waals surface area contributed by atoms with E-state index in [4.69, 9.17) is 0 Å². The van der Waals surface area contributed by atoms with E-state index in [2.05, 4.69) is 17.5 Å². The molecule has 3 atom stereocenters. The molecule has 1 aliphatic carbocycles. The molecule has 0 fully saturated rings. The van der Waals surface area contributed by atoms with Crippen LogP contribution < -0.4 is 5.32 Å². The molecule has 0 unspecified atom stereocenters. The molecule has 0 saturated carbocycles. The number of nitrogens with zero attached hydrogens (tertiary/aromatic N) is 1. The van der Waals surface area contributed by atoms with Gasteiger partial charge in [0.15, 0.2) is 0 Å². The number of rotatable bonds is 2. The number of non-ortho nitro benzene ring substituents is 1. The van der Waals surface area contributed by atoms with Crippen LogP contribution in [0.15, 0.2) is 54.6 Å². The van der Waals surface area contributed by atoms with Crippen LogP contribution in [0.2, 0.25) is 0 Å². The van der Waals surface area contributed by atoms with Gasteiger partial charge in [-0.05, 0) is 29.5 Å². The molecule has 4 rings (SSSR count). The molecule has 0 saturated heterocycles. The zero-order valence-corrected chi connectivity index (χ0v) is 12.3. The SMILES string of the molecule is O=[N+]([O-])c1ccc([C@@H]2Nc3c(F)cccc3[C@H]3C=CC[C@@H]32)cc1. The third-order valence-corrected chi connectivity index (χ3v) is 4.81. The van der Waals surface area contributed by atoms with Gasteiger partial charge in [-0.15, -0.1) is 0 Å². The number of fused-ring (bicyclic) bond motifs is 3. The molecule has 2 aromatic rings. The number of hydrogen-bond donors (Lipinski definition) is 1. The summed E-state index contributed by atoms with van der Waals surface area (Å²) in [6.45, 7) is 0. The Morgan fingerprint density at radius 2 is 1.96 bits per heavy atom. The molecule has 0 amide bonds. The van der Waals surface area contributed by atoms with Gasteiger partial charge in [0.2, 0.25) is 0 Å². The molecule has 0 bridgehead atoms. The predicted octanol–water partition coefficient (Wildman–Crippen LogP) is 4.56. The first-order valence-electron chi connectivity index (χ1n) is 7.61. The van der Waals surface area contributed by atoms with E-state index in [-0.39, 0.29) is 23.5 Å². The number of nitrogens with one attached hydrogen (secondary N) is 1. The van der Waals surface area contributed by atoms with E-state index >= 15 is 0 Å². The largest absolute Gasteiger partial charge is 0.375 e. The van der Waals surface area contributed by atoms with Crippen LogP contribution in [0.3, 0.4) is 0 Å². The highest BCUT2D eigenvalue weighted by Crippen LogP contribution is 2.50. The van der Waals surface area contributed by atoms with Crippen LogP contribution in [0.4, 0.5) is 15.8 Å². The van der Waals surface area contributed by atoms with Crippen LogP contribution >= 0.6 is 0 Å². The number of hydrogen-bond acceptors (Lipinski definition) is 3. The summed E-state index contributed by atoms with van der Waals surface area (Å²) in [5, 5.41) is 14.1. The highest BCUT2D eigenvalue weighted by atomic mass is 19.1. The summed E-state index contributed by atoms with van der Waals surface area (Å²) >= 11 is 0. The number of para-hydroxylation sites is 1. The molecule has 23 heavy (non-hydrogen) atoms. The minimum absolute atomic E-state index is 0.0554. The minimum Gasteiger partial charge on any atom is -0.375 e. The van der Waals surface area contributed by atoms with Gasteiger partial charge in [-0.25, -0.2) is 4.39 Å². The highest BCUT2D eigenvalue weighted by molar-refractivity contribution is 5.60. The van der Waals surface area contributed by atoms with Crippen molar-refractivity contribution in [1.82, 2.24) is 0 Å². The Hall–Kier alpha value is -2.69. The third kappa shape index (κ3) is 2.20. The van der Waals surface area contributed by atoms with Crippen LogP contribution in [0.5, 0.6) is 0 Å². The van der Waals surface area contributed by atoms with Gasteiger partial charge in [0.25, 0.3) is 5.69 Å². The van der Waals surface area contributed by atoms with Crippen molar-refractivity contribution in [3.8, 4) is 0 Å².